The molecule has 0 amide bonds. The third-order valence-corrected chi connectivity index (χ3v) is 2.09. The average molecular weight is 209 g/mol. The number of rotatable bonds is 7. The highest BCUT2D eigenvalue weighted by molar-refractivity contribution is 5.42. The Balaban J connectivity index is 2.11. The molecule has 3 heteroatoms. The van der Waals surface area contributed by atoms with Crippen molar-refractivity contribution < 1.29 is 9.84 Å². The molecular weight excluding hydrogens is 190 g/mol. The first-order chi connectivity index (χ1) is 7.33. The predicted octanol–water partition coefficient (Wildman–Crippen LogP) is 1.89. The lowest BCUT2D eigenvalue weighted by atomic mass is 10.2. The second-order valence-electron chi connectivity index (χ2n) is 3.39. The maximum absolute atomic E-state index is 9.49. The highest BCUT2D eigenvalue weighted by Crippen LogP contribution is 2.05. The lowest BCUT2D eigenvalue weighted by molar-refractivity contribution is 0.0401. The summed E-state index contributed by atoms with van der Waals surface area (Å²) in [6, 6.07) is 9.97. The Hall–Kier alpha value is -1.06. The molecule has 0 aliphatic carbocycles. The number of hydrogen-bond donors (Lipinski definition) is 2. The molecule has 0 spiro atoms. The molecule has 0 aliphatic rings. The summed E-state index contributed by atoms with van der Waals surface area (Å²) in [4.78, 5) is 0. The van der Waals surface area contributed by atoms with Crippen molar-refractivity contribution in [3.8, 4) is 0 Å². The standard InChI is InChI=1S/C12H19NO2/c1-2-15-10-12(14)8-9-13-11-6-4-3-5-7-11/h3-7,12-14H,2,8-10H2,1H3. The van der Waals surface area contributed by atoms with Crippen molar-refractivity contribution in [3.05, 3.63) is 30.3 Å². The van der Waals surface area contributed by atoms with E-state index in [9.17, 15) is 5.11 Å². The summed E-state index contributed by atoms with van der Waals surface area (Å²) < 4.78 is 5.12. The summed E-state index contributed by atoms with van der Waals surface area (Å²) in [5.74, 6) is 0. The van der Waals surface area contributed by atoms with Crippen molar-refractivity contribution in [2.24, 2.45) is 0 Å². The van der Waals surface area contributed by atoms with E-state index in [0.717, 1.165) is 12.2 Å². The summed E-state index contributed by atoms with van der Waals surface area (Å²) in [5.41, 5.74) is 1.08. The quantitative estimate of drug-likeness (QED) is 0.720. The van der Waals surface area contributed by atoms with Gasteiger partial charge in [-0.2, -0.15) is 0 Å². The highest BCUT2D eigenvalue weighted by Gasteiger charge is 2.02. The summed E-state index contributed by atoms with van der Waals surface area (Å²) >= 11 is 0. The lowest BCUT2D eigenvalue weighted by Gasteiger charge is -2.11. The monoisotopic (exact) mass is 209 g/mol. The number of hydrogen-bond acceptors (Lipinski definition) is 3. The van der Waals surface area contributed by atoms with E-state index in [4.69, 9.17) is 4.74 Å². The van der Waals surface area contributed by atoms with Crippen LogP contribution in [0.5, 0.6) is 0 Å². The number of aliphatic hydroxyl groups is 1. The number of aliphatic hydroxyl groups excluding tert-OH is 1. The molecule has 0 aromatic heterocycles. The van der Waals surface area contributed by atoms with Crippen LogP contribution in [0.1, 0.15) is 13.3 Å². The number of para-hydroxylation sites is 1. The van der Waals surface area contributed by atoms with Gasteiger partial charge in [-0.05, 0) is 25.5 Å². The molecule has 1 atom stereocenters. The fourth-order valence-electron chi connectivity index (χ4n) is 1.28. The smallest absolute Gasteiger partial charge is 0.0790 e. The van der Waals surface area contributed by atoms with E-state index in [1.807, 2.05) is 37.3 Å². The molecule has 0 bridgehead atoms. The van der Waals surface area contributed by atoms with Crippen LogP contribution in [0.15, 0.2) is 30.3 Å². The Morgan fingerprint density at radius 2 is 2.07 bits per heavy atom. The number of anilines is 1. The molecule has 1 aromatic rings. The molecule has 1 aromatic carbocycles. The molecule has 15 heavy (non-hydrogen) atoms. The molecule has 1 unspecified atom stereocenters. The van der Waals surface area contributed by atoms with Gasteiger partial charge in [0.1, 0.15) is 0 Å². The minimum Gasteiger partial charge on any atom is -0.391 e. The van der Waals surface area contributed by atoms with Gasteiger partial charge >= 0.3 is 0 Å². The minimum absolute atomic E-state index is 0.374. The van der Waals surface area contributed by atoms with E-state index in [-0.39, 0.29) is 6.10 Å². The molecule has 0 aliphatic heterocycles. The van der Waals surface area contributed by atoms with Gasteiger partial charge in [-0.1, -0.05) is 18.2 Å². The Bertz CT molecular complexity index is 251. The van der Waals surface area contributed by atoms with E-state index in [1.54, 1.807) is 0 Å². The second-order valence-corrected chi connectivity index (χ2v) is 3.39. The third-order valence-electron chi connectivity index (χ3n) is 2.09. The van der Waals surface area contributed by atoms with Crippen LogP contribution in [0.25, 0.3) is 0 Å². The van der Waals surface area contributed by atoms with Gasteiger partial charge in [0.25, 0.3) is 0 Å². The van der Waals surface area contributed by atoms with Crippen LogP contribution in [0.3, 0.4) is 0 Å². The van der Waals surface area contributed by atoms with E-state index < -0.39 is 0 Å². The van der Waals surface area contributed by atoms with Gasteiger partial charge in [0, 0.05) is 18.8 Å². The van der Waals surface area contributed by atoms with Crippen molar-refractivity contribution in [1.29, 1.82) is 0 Å². The molecule has 3 nitrogen and oxygen atoms in total. The van der Waals surface area contributed by atoms with Crippen molar-refractivity contribution in [2.75, 3.05) is 25.1 Å². The van der Waals surface area contributed by atoms with Crippen LogP contribution in [-0.2, 0) is 4.74 Å². The fraction of sp³-hybridized carbons (Fsp3) is 0.500. The average Bonchev–Trinajstić information content (AvgIpc) is 2.28. The second kappa shape index (κ2) is 7.26. The normalized spacial score (nSPS) is 12.4. The molecule has 0 fully saturated rings. The highest BCUT2D eigenvalue weighted by atomic mass is 16.5. The first kappa shape index (κ1) is 12.0. The molecule has 0 saturated carbocycles. The van der Waals surface area contributed by atoms with E-state index in [2.05, 4.69) is 5.32 Å². The zero-order valence-electron chi connectivity index (χ0n) is 9.15. The first-order valence-corrected chi connectivity index (χ1v) is 5.37. The fourth-order valence-corrected chi connectivity index (χ4v) is 1.28. The van der Waals surface area contributed by atoms with Gasteiger partial charge < -0.3 is 15.2 Å². The summed E-state index contributed by atoms with van der Waals surface area (Å²) in [7, 11) is 0. The number of nitrogens with one attached hydrogen (secondary N) is 1. The predicted molar refractivity (Wildman–Crippen MR) is 62.0 cm³/mol. The van der Waals surface area contributed by atoms with Gasteiger partial charge in [0.15, 0.2) is 0 Å². The van der Waals surface area contributed by atoms with Gasteiger partial charge in [0.05, 0.1) is 12.7 Å². The van der Waals surface area contributed by atoms with Crippen LogP contribution in [0.4, 0.5) is 5.69 Å². The Kier molecular flexibility index (Phi) is 5.81. The van der Waals surface area contributed by atoms with Crippen LogP contribution in [0.2, 0.25) is 0 Å². The topological polar surface area (TPSA) is 41.5 Å². The van der Waals surface area contributed by atoms with Crippen molar-refractivity contribution in [1.82, 2.24) is 0 Å². The largest absolute Gasteiger partial charge is 0.391 e. The van der Waals surface area contributed by atoms with E-state index in [1.165, 1.54) is 0 Å². The van der Waals surface area contributed by atoms with Crippen LogP contribution in [0, 0.1) is 0 Å². The Labute approximate surface area is 91.1 Å². The summed E-state index contributed by atoms with van der Waals surface area (Å²) in [6.07, 6.45) is 0.329. The van der Waals surface area contributed by atoms with Gasteiger partial charge in [-0.15, -0.1) is 0 Å². The van der Waals surface area contributed by atoms with Crippen LogP contribution < -0.4 is 5.32 Å². The van der Waals surface area contributed by atoms with Gasteiger partial charge in [-0.25, -0.2) is 0 Å². The molecule has 1 rings (SSSR count). The number of ether oxygens (including phenoxy) is 1. The maximum Gasteiger partial charge on any atom is 0.0790 e. The molecule has 0 heterocycles. The maximum atomic E-state index is 9.49. The first-order valence-electron chi connectivity index (χ1n) is 5.37. The van der Waals surface area contributed by atoms with E-state index >= 15 is 0 Å². The molecular formula is C12H19NO2. The number of benzene rings is 1. The minimum atomic E-state index is -0.374. The zero-order valence-corrected chi connectivity index (χ0v) is 9.15. The molecule has 84 valence electrons. The van der Waals surface area contributed by atoms with Gasteiger partial charge in [-0.3, -0.25) is 0 Å². The molecule has 2 N–H and O–H groups in total. The van der Waals surface area contributed by atoms with Gasteiger partial charge in [0.2, 0.25) is 0 Å². The Morgan fingerprint density at radius 3 is 2.73 bits per heavy atom. The summed E-state index contributed by atoms with van der Waals surface area (Å²) in [5, 5.41) is 12.7. The van der Waals surface area contributed by atoms with Crippen LogP contribution >= 0.6 is 0 Å². The molecule has 0 saturated heterocycles. The summed E-state index contributed by atoms with van der Waals surface area (Å²) in [6.45, 7) is 3.77. The van der Waals surface area contributed by atoms with E-state index in [0.29, 0.717) is 19.6 Å². The lowest BCUT2D eigenvalue weighted by Crippen LogP contribution is -2.19. The Morgan fingerprint density at radius 1 is 1.33 bits per heavy atom. The van der Waals surface area contributed by atoms with Crippen molar-refractivity contribution in [2.45, 2.75) is 19.4 Å². The zero-order chi connectivity index (χ0) is 10.9. The molecule has 0 radical (unpaired) electrons. The SMILES string of the molecule is CCOCC(O)CCNc1ccccc1. The van der Waals surface area contributed by atoms with Crippen molar-refractivity contribution in [3.63, 3.8) is 0 Å². The van der Waals surface area contributed by atoms with Crippen LogP contribution in [-0.4, -0.2) is 31.0 Å². The van der Waals surface area contributed by atoms with Crippen molar-refractivity contribution >= 4 is 5.69 Å². The third kappa shape index (κ3) is 5.40.